The van der Waals surface area contributed by atoms with Crippen LogP contribution in [-0.4, -0.2) is 9.97 Å². The second-order valence-electron chi connectivity index (χ2n) is 4.79. The molecule has 1 heterocycles. The van der Waals surface area contributed by atoms with Gasteiger partial charge in [0, 0.05) is 11.1 Å². The zero-order valence-electron chi connectivity index (χ0n) is 13.6. The van der Waals surface area contributed by atoms with E-state index in [4.69, 9.17) is 11.6 Å². The van der Waals surface area contributed by atoms with Gasteiger partial charge >= 0.3 is 0 Å². The van der Waals surface area contributed by atoms with Crippen LogP contribution in [0.1, 0.15) is 25.1 Å². The number of allylic oxidation sites excluding steroid dienone is 3. The maximum atomic E-state index is 6.12. The van der Waals surface area contributed by atoms with Gasteiger partial charge in [0.2, 0.25) is 5.28 Å². The van der Waals surface area contributed by atoms with Crippen molar-refractivity contribution < 1.29 is 0 Å². The monoisotopic (exact) mass is 324 g/mol. The first-order chi connectivity index (χ1) is 11.1. The van der Waals surface area contributed by atoms with Gasteiger partial charge in [-0.15, -0.1) is 13.2 Å². The quantitative estimate of drug-likeness (QED) is 0.379. The number of benzene rings is 1. The fourth-order valence-electron chi connectivity index (χ4n) is 2.19. The first kappa shape index (κ1) is 18.6. The maximum absolute atomic E-state index is 6.12. The Labute approximate surface area is 143 Å². The van der Waals surface area contributed by atoms with E-state index in [1.165, 1.54) is 0 Å². The Morgan fingerprint density at radius 2 is 1.65 bits per heavy atom. The van der Waals surface area contributed by atoms with Crippen molar-refractivity contribution >= 4 is 23.3 Å². The van der Waals surface area contributed by atoms with E-state index in [1.807, 2.05) is 44.2 Å². The second kappa shape index (κ2) is 8.86. The van der Waals surface area contributed by atoms with E-state index in [1.54, 1.807) is 12.2 Å². The molecule has 118 valence electrons. The average molecular weight is 325 g/mol. The maximum Gasteiger partial charge on any atom is 0.223 e. The summed E-state index contributed by atoms with van der Waals surface area (Å²) >= 11 is 6.12. The van der Waals surface area contributed by atoms with Crippen molar-refractivity contribution in [1.29, 1.82) is 0 Å². The molecule has 1 aromatic heterocycles. The lowest BCUT2D eigenvalue weighted by atomic mass is 9.98. The molecular weight excluding hydrogens is 304 g/mol. The molecule has 0 bridgehead atoms. The highest BCUT2D eigenvalue weighted by Gasteiger charge is 2.15. The minimum atomic E-state index is 0.218. The van der Waals surface area contributed by atoms with Gasteiger partial charge in [0.25, 0.3) is 0 Å². The molecule has 0 N–H and O–H groups in total. The van der Waals surface area contributed by atoms with Crippen LogP contribution in [0.3, 0.4) is 0 Å². The Hall–Kier alpha value is -2.45. The number of nitrogens with zero attached hydrogens (tertiary/aromatic N) is 2. The van der Waals surface area contributed by atoms with E-state index in [0.717, 1.165) is 33.7 Å². The van der Waals surface area contributed by atoms with Crippen molar-refractivity contribution in [1.82, 2.24) is 9.97 Å². The van der Waals surface area contributed by atoms with E-state index in [9.17, 15) is 0 Å². The van der Waals surface area contributed by atoms with Crippen LogP contribution in [0.5, 0.6) is 0 Å². The summed E-state index contributed by atoms with van der Waals surface area (Å²) in [7, 11) is 0. The van der Waals surface area contributed by atoms with E-state index >= 15 is 0 Å². The lowest BCUT2D eigenvalue weighted by Gasteiger charge is -2.13. The Morgan fingerprint density at radius 1 is 1.04 bits per heavy atom. The van der Waals surface area contributed by atoms with Gasteiger partial charge in [-0.3, -0.25) is 0 Å². The van der Waals surface area contributed by atoms with Gasteiger partial charge in [-0.25, -0.2) is 9.97 Å². The van der Waals surface area contributed by atoms with Crippen molar-refractivity contribution in [3.05, 3.63) is 84.8 Å². The topological polar surface area (TPSA) is 25.8 Å². The normalized spacial score (nSPS) is 9.35. The van der Waals surface area contributed by atoms with Crippen molar-refractivity contribution in [2.45, 2.75) is 13.8 Å². The molecule has 0 aliphatic carbocycles. The lowest BCUT2D eigenvalue weighted by molar-refractivity contribution is 1.13. The third-order valence-electron chi connectivity index (χ3n) is 3.17. The Morgan fingerprint density at radius 3 is 2.13 bits per heavy atom. The van der Waals surface area contributed by atoms with Crippen molar-refractivity contribution in [2.75, 3.05) is 0 Å². The molecule has 0 saturated heterocycles. The third kappa shape index (κ3) is 4.27. The molecule has 0 atom stereocenters. The number of aromatic nitrogens is 2. The number of halogens is 1. The van der Waals surface area contributed by atoms with Crippen LogP contribution in [0.2, 0.25) is 5.28 Å². The second-order valence-corrected chi connectivity index (χ2v) is 5.13. The molecule has 2 rings (SSSR count). The summed E-state index contributed by atoms with van der Waals surface area (Å²) < 4.78 is 0. The molecule has 1 aromatic carbocycles. The van der Waals surface area contributed by atoms with Crippen molar-refractivity contribution in [2.24, 2.45) is 0 Å². The zero-order valence-corrected chi connectivity index (χ0v) is 14.4. The summed E-state index contributed by atoms with van der Waals surface area (Å²) in [6.07, 6.45) is 3.55. The molecule has 0 aliphatic heterocycles. The molecule has 0 radical (unpaired) electrons. The smallest absolute Gasteiger partial charge is 0.217 e. The molecule has 0 amide bonds. The molecule has 0 spiro atoms. The molecule has 2 nitrogen and oxygen atoms in total. The van der Waals surface area contributed by atoms with Gasteiger partial charge in [0.05, 0.1) is 11.4 Å². The highest BCUT2D eigenvalue weighted by molar-refractivity contribution is 6.28. The molecule has 3 heteroatoms. The number of rotatable bonds is 4. The van der Waals surface area contributed by atoms with E-state index < -0.39 is 0 Å². The lowest BCUT2D eigenvalue weighted by Crippen LogP contribution is -2.00. The molecule has 0 fully saturated rings. The van der Waals surface area contributed by atoms with Crippen molar-refractivity contribution in [3.63, 3.8) is 0 Å². The molecule has 0 saturated carbocycles. The molecule has 0 aliphatic rings. The summed E-state index contributed by atoms with van der Waals surface area (Å²) in [6, 6.07) is 9.88. The highest BCUT2D eigenvalue weighted by atomic mass is 35.5. The Balaban J connectivity index is 0.00000127. The SMILES string of the molecule is C=C.C=CC(=C(C)C)c1nc(Cl)nc(-c2ccccc2)c1C=C. The molecule has 0 unspecified atom stereocenters. The summed E-state index contributed by atoms with van der Waals surface area (Å²) in [4.78, 5) is 8.75. The molecule has 2 aromatic rings. The first-order valence-electron chi connectivity index (χ1n) is 7.14. The fraction of sp³-hybridized carbons (Fsp3) is 0.100. The summed E-state index contributed by atoms with van der Waals surface area (Å²) in [6.45, 7) is 17.8. The predicted octanol–water partition coefficient (Wildman–Crippen LogP) is 6.22. The zero-order chi connectivity index (χ0) is 17.4. The minimum Gasteiger partial charge on any atom is -0.217 e. The fourth-order valence-corrected chi connectivity index (χ4v) is 2.36. The summed E-state index contributed by atoms with van der Waals surface area (Å²) in [5.41, 5.74) is 5.45. The van der Waals surface area contributed by atoms with Crippen molar-refractivity contribution in [3.8, 4) is 11.3 Å². The van der Waals surface area contributed by atoms with Crippen LogP contribution in [0.4, 0.5) is 0 Å². The van der Waals surface area contributed by atoms with Gasteiger partial charge in [0.1, 0.15) is 0 Å². The van der Waals surface area contributed by atoms with E-state index in [2.05, 4.69) is 36.3 Å². The van der Waals surface area contributed by atoms with Gasteiger partial charge in [-0.1, -0.05) is 61.2 Å². The average Bonchev–Trinajstić information content (AvgIpc) is 2.57. The molecule has 23 heavy (non-hydrogen) atoms. The first-order valence-corrected chi connectivity index (χ1v) is 7.52. The van der Waals surface area contributed by atoms with E-state index in [-0.39, 0.29) is 5.28 Å². The van der Waals surface area contributed by atoms with Gasteiger partial charge in [-0.05, 0) is 31.0 Å². The van der Waals surface area contributed by atoms with Crippen LogP contribution in [0.25, 0.3) is 22.9 Å². The van der Waals surface area contributed by atoms with Crippen LogP contribution in [0.15, 0.2) is 68.3 Å². The van der Waals surface area contributed by atoms with Crippen LogP contribution in [-0.2, 0) is 0 Å². The van der Waals surface area contributed by atoms with Gasteiger partial charge in [-0.2, -0.15) is 0 Å². The Bertz CT molecular complexity index is 727. The van der Waals surface area contributed by atoms with Crippen LogP contribution < -0.4 is 0 Å². The standard InChI is InChI=1S/C18H17ClN2.C2H4/c1-5-14(12(3)4)17-15(6-2)16(20-18(19)21-17)13-10-8-7-9-11-13;1-2/h5-11H,1-2H2,3-4H3;1-2H2. The van der Waals surface area contributed by atoms with Crippen LogP contribution >= 0.6 is 11.6 Å². The van der Waals surface area contributed by atoms with Gasteiger partial charge in [0.15, 0.2) is 0 Å². The molecular formula is C20H21ClN2. The highest BCUT2D eigenvalue weighted by Crippen LogP contribution is 2.31. The van der Waals surface area contributed by atoms with Crippen LogP contribution in [0, 0.1) is 0 Å². The largest absolute Gasteiger partial charge is 0.223 e. The minimum absolute atomic E-state index is 0.218. The van der Waals surface area contributed by atoms with E-state index in [0.29, 0.717) is 0 Å². The Kier molecular flexibility index (Phi) is 7.17. The summed E-state index contributed by atoms with van der Waals surface area (Å²) in [5, 5.41) is 0.218. The summed E-state index contributed by atoms with van der Waals surface area (Å²) in [5.74, 6) is 0. The number of hydrogen-bond donors (Lipinski definition) is 0. The predicted molar refractivity (Wildman–Crippen MR) is 102 cm³/mol. The third-order valence-corrected chi connectivity index (χ3v) is 3.34. The number of hydrogen-bond acceptors (Lipinski definition) is 2. The van der Waals surface area contributed by atoms with Gasteiger partial charge < -0.3 is 0 Å².